The van der Waals surface area contributed by atoms with Crippen LogP contribution in [-0.4, -0.2) is 33.6 Å². The maximum Gasteiger partial charge on any atom is 0.348 e. The molecule has 0 radical (unpaired) electrons. The first kappa shape index (κ1) is 18.8. The van der Waals surface area contributed by atoms with E-state index in [1.165, 1.54) is 29.8 Å². The Kier molecular flexibility index (Phi) is 5.36. The van der Waals surface area contributed by atoms with Crippen molar-refractivity contribution in [3.8, 4) is 0 Å². The van der Waals surface area contributed by atoms with Crippen molar-refractivity contribution >= 4 is 45.0 Å². The van der Waals surface area contributed by atoms with Crippen molar-refractivity contribution in [2.75, 3.05) is 11.9 Å². The number of carbonyl (C=O) groups excluding carboxylic acids is 1. The molecule has 3 aromatic rings. The largest absolute Gasteiger partial charge is 0.478 e. The number of anilines is 2. The first-order valence-corrected chi connectivity index (χ1v) is 9.20. The molecule has 0 aliphatic heterocycles. The monoisotopic (exact) mass is 385 g/mol. The molecule has 0 unspecified atom stereocenters. The van der Waals surface area contributed by atoms with Crippen molar-refractivity contribution in [3.05, 3.63) is 46.6 Å². The van der Waals surface area contributed by atoms with Gasteiger partial charge in [-0.05, 0) is 36.6 Å². The minimum absolute atomic E-state index is 0.172. The highest BCUT2D eigenvalue weighted by molar-refractivity contribution is 7.20. The summed E-state index contributed by atoms with van der Waals surface area (Å²) in [6.45, 7) is 6.13. The molecular weight excluding hydrogens is 366 g/mol. The zero-order valence-corrected chi connectivity index (χ0v) is 16.0. The number of nitrogens with one attached hydrogen (secondary N) is 1. The molecule has 8 heteroatoms. The van der Waals surface area contributed by atoms with E-state index < -0.39 is 5.97 Å². The van der Waals surface area contributed by atoms with E-state index in [2.05, 4.69) is 15.3 Å². The second kappa shape index (κ2) is 7.71. The lowest BCUT2D eigenvalue weighted by molar-refractivity contribution is 0.0463. The summed E-state index contributed by atoms with van der Waals surface area (Å²) in [7, 11) is 0. The summed E-state index contributed by atoms with van der Waals surface area (Å²) in [5.41, 5.74) is 1.50. The Morgan fingerprint density at radius 3 is 2.78 bits per heavy atom. The lowest BCUT2D eigenvalue weighted by Crippen LogP contribution is -2.09. The van der Waals surface area contributed by atoms with Crippen LogP contribution >= 0.6 is 11.3 Å². The summed E-state index contributed by atoms with van der Waals surface area (Å²) >= 11 is 1.26. The van der Waals surface area contributed by atoms with E-state index in [0.29, 0.717) is 27.8 Å². The molecule has 7 nitrogen and oxygen atoms in total. The molecular formula is C19H19N3O4S. The van der Waals surface area contributed by atoms with E-state index >= 15 is 0 Å². The van der Waals surface area contributed by atoms with Crippen LogP contribution in [0.2, 0.25) is 0 Å². The Bertz CT molecular complexity index is 1010. The molecule has 0 spiro atoms. The van der Waals surface area contributed by atoms with Gasteiger partial charge in [-0.25, -0.2) is 19.6 Å². The van der Waals surface area contributed by atoms with E-state index in [1.807, 2.05) is 20.8 Å². The lowest BCUT2D eigenvalue weighted by Gasteiger charge is -2.08. The smallest absolute Gasteiger partial charge is 0.348 e. The van der Waals surface area contributed by atoms with Crippen molar-refractivity contribution < 1.29 is 19.4 Å². The van der Waals surface area contributed by atoms with Gasteiger partial charge in [-0.1, -0.05) is 19.9 Å². The Labute approximate surface area is 160 Å². The maximum absolute atomic E-state index is 12.4. The van der Waals surface area contributed by atoms with Gasteiger partial charge >= 0.3 is 11.9 Å². The molecule has 0 saturated carbocycles. The van der Waals surface area contributed by atoms with E-state index in [9.17, 15) is 9.59 Å². The first-order valence-electron chi connectivity index (χ1n) is 8.38. The number of ether oxygens (including phenoxy) is 1. The summed E-state index contributed by atoms with van der Waals surface area (Å²) in [5, 5.41) is 13.0. The summed E-state index contributed by atoms with van der Waals surface area (Å²) in [6.07, 6.45) is 1.41. The number of aryl methyl sites for hydroxylation is 1. The van der Waals surface area contributed by atoms with E-state index in [1.54, 1.807) is 12.1 Å². The topological polar surface area (TPSA) is 101 Å². The van der Waals surface area contributed by atoms with E-state index in [0.717, 1.165) is 10.9 Å². The van der Waals surface area contributed by atoms with Crippen LogP contribution in [0, 0.1) is 12.8 Å². The normalized spacial score (nSPS) is 11.0. The van der Waals surface area contributed by atoms with Gasteiger partial charge < -0.3 is 15.2 Å². The molecule has 0 fully saturated rings. The van der Waals surface area contributed by atoms with Gasteiger partial charge in [0.05, 0.1) is 17.6 Å². The number of aromatic carboxylic acids is 1. The Hall–Kier alpha value is -3.00. The number of carboxylic acid groups (broad SMARTS) is 1. The summed E-state index contributed by atoms with van der Waals surface area (Å²) < 4.78 is 5.34. The third kappa shape index (κ3) is 4.06. The minimum Gasteiger partial charge on any atom is -0.478 e. The number of fused-ring (bicyclic) bond motifs is 1. The lowest BCUT2D eigenvalue weighted by atomic mass is 10.1. The van der Waals surface area contributed by atoms with Gasteiger partial charge in [0.2, 0.25) is 0 Å². The number of hydrogen-bond acceptors (Lipinski definition) is 7. The van der Waals surface area contributed by atoms with Crippen molar-refractivity contribution in [2.24, 2.45) is 5.92 Å². The van der Waals surface area contributed by atoms with Gasteiger partial charge in [-0.15, -0.1) is 11.3 Å². The average Bonchev–Trinajstić information content (AvgIpc) is 2.98. The number of benzene rings is 1. The molecule has 0 saturated heterocycles. The highest BCUT2D eigenvalue weighted by atomic mass is 32.1. The third-order valence-electron chi connectivity index (χ3n) is 3.83. The molecule has 0 atom stereocenters. The number of esters is 1. The summed E-state index contributed by atoms with van der Waals surface area (Å²) in [4.78, 5) is 33.2. The fourth-order valence-corrected chi connectivity index (χ4v) is 3.58. The van der Waals surface area contributed by atoms with Gasteiger partial charge in [0.25, 0.3) is 0 Å². The van der Waals surface area contributed by atoms with Crippen LogP contribution in [0.4, 0.5) is 11.5 Å². The van der Waals surface area contributed by atoms with Gasteiger partial charge in [-0.2, -0.15) is 0 Å². The number of carboxylic acids is 1. The Balaban J connectivity index is 1.96. The van der Waals surface area contributed by atoms with Crippen LogP contribution in [0.15, 0.2) is 30.6 Å². The third-order valence-corrected chi connectivity index (χ3v) is 5.01. The zero-order chi connectivity index (χ0) is 19.6. The first-order chi connectivity index (χ1) is 12.9. The van der Waals surface area contributed by atoms with Gasteiger partial charge in [0.15, 0.2) is 0 Å². The van der Waals surface area contributed by atoms with Crippen molar-refractivity contribution in [2.45, 2.75) is 20.8 Å². The van der Waals surface area contributed by atoms with Crippen LogP contribution in [0.25, 0.3) is 10.2 Å². The molecule has 3 rings (SSSR count). The molecule has 1 aromatic carbocycles. The average molecular weight is 385 g/mol. The molecule has 2 N–H and O–H groups in total. The molecule has 2 heterocycles. The standard InChI is InChI=1S/C19H19N3O4S/c1-10(2)8-26-19(25)15-11(3)14-16(20-9-21-17(14)27-15)22-13-6-4-5-12(7-13)18(23)24/h4-7,9-10H,8H2,1-3H3,(H,23,24)(H,20,21,22). The SMILES string of the molecule is Cc1c(C(=O)OCC(C)C)sc2ncnc(Nc3cccc(C(=O)O)c3)c12. The predicted octanol–water partition coefficient (Wildman–Crippen LogP) is 4.25. The van der Waals surface area contributed by atoms with Crippen molar-refractivity contribution in [3.63, 3.8) is 0 Å². The second-order valence-corrected chi connectivity index (χ2v) is 7.46. The highest BCUT2D eigenvalue weighted by Crippen LogP contribution is 2.35. The number of hydrogen-bond donors (Lipinski definition) is 2. The molecule has 0 amide bonds. The van der Waals surface area contributed by atoms with Crippen LogP contribution in [0.5, 0.6) is 0 Å². The maximum atomic E-state index is 12.4. The number of rotatable bonds is 6. The van der Waals surface area contributed by atoms with Crippen molar-refractivity contribution in [1.82, 2.24) is 9.97 Å². The molecule has 140 valence electrons. The predicted molar refractivity (Wildman–Crippen MR) is 104 cm³/mol. The van der Waals surface area contributed by atoms with E-state index in [4.69, 9.17) is 9.84 Å². The molecule has 0 aliphatic rings. The fraction of sp³-hybridized carbons (Fsp3) is 0.263. The summed E-state index contributed by atoms with van der Waals surface area (Å²) in [5.74, 6) is -0.613. The van der Waals surface area contributed by atoms with Crippen LogP contribution in [-0.2, 0) is 4.74 Å². The van der Waals surface area contributed by atoms with Gasteiger partial charge in [0.1, 0.15) is 21.9 Å². The van der Waals surface area contributed by atoms with Crippen molar-refractivity contribution in [1.29, 1.82) is 0 Å². The minimum atomic E-state index is -1.01. The molecule has 27 heavy (non-hydrogen) atoms. The number of carbonyl (C=O) groups is 2. The van der Waals surface area contributed by atoms with Crippen LogP contribution in [0.1, 0.15) is 39.4 Å². The number of aromatic nitrogens is 2. The van der Waals surface area contributed by atoms with Crippen LogP contribution < -0.4 is 5.32 Å². The van der Waals surface area contributed by atoms with Gasteiger partial charge in [-0.3, -0.25) is 0 Å². The molecule has 0 bridgehead atoms. The molecule has 2 aromatic heterocycles. The number of nitrogens with zero attached hydrogens (tertiary/aromatic N) is 2. The van der Waals surface area contributed by atoms with E-state index in [-0.39, 0.29) is 17.5 Å². The highest BCUT2D eigenvalue weighted by Gasteiger charge is 2.21. The Morgan fingerprint density at radius 2 is 2.07 bits per heavy atom. The zero-order valence-electron chi connectivity index (χ0n) is 15.1. The molecule has 0 aliphatic carbocycles. The van der Waals surface area contributed by atoms with Gasteiger partial charge in [0, 0.05) is 5.69 Å². The fourth-order valence-electron chi connectivity index (χ4n) is 2.54. The second-order valence-electron chi connectivity index (χ2n) is 6.46. The Morgan fingerprint density at radius 1 is 1.30 bits per heavy atom. The summed E-state index contributed by atoms with van der Waals surface area (Å²) in [6, 6.07) is 6.44. The number of thiophene rings is 1. The quantitative estimate of drug-likeness (QED) is 0.612. The van der Waals surface area contributed by atoms with Crippen LogP contribution in [0.3, 0.4) is 0 Å².